The van der Waals surface area contributed by atoms with E-state index >= 15 is 0 Å². The number of carbonyl (C=O) groups is 1. The molecule has 0 unspecified atom stereocenters. The first-order valence-electron chi connectivity index (χ1n) is 8.18. The summed E-state index contributed by atoms with van der Waals surface area (Å²) in [4.78, 5) is 21.6. The van der Waals surface area contributed by atoms with E-state index in [2.05, 4.69) is 27.7 Å². The Hall–Kier alpha value is -1.35. The quantitative estimate of drug-likeness (QED) is 0.355. The van der Waals surface area contributed by atoms with Crippen LogP contribution in [-0.2, 0) is 15.2 Å². The average molecular weight is 305 g/mol. The summed E-state index contributed by atoms with van der Waals surface area (Å²) in [7, 11) is 0. The van der Waals surface area contributed by atoms with Gasteiger partial charge in [-0.05, 0) is 29.5 Å². The van der Waals surface area contributed by atoms with E-state index in [0.717, 1.165) is 19.3 Å². The van der Waals surface area contributed by atoms with Gasteiger partial charge in [0.1, 0.15) is 0 Å². The van der Waals surface area contributed by atoms with Gasteiger partial charge in [-0.25, -0.2) is 4.79 Å². The van der Waals surface area contributed by atoms with Gasteiger partial charge in [-0.1, -0.05) is 71.9 Å². The fraction of sp³-hybridized carbons (Fsp3) is 0.579. The van der Waals surface area contributed by atoms with E-state index in [-0.39, 0.29) is 5.41 Å². The minimum Gasteiger partial charge on any atom is -0.293 e. The van der Waals surface area contributed by atoms with Crippen LogP contribution in [0, 0.1) is 6.92 Å². The molecule has 0 aliphatic rings. The van der Waals surface area contributed by atoms with Crippen molar-refractivity contribution in [2.45, 2.75) is 64.7 Å². The van der Waals surface area contributed by atoms with E-state index in [9.17, 15) is 4.79 Å². The molecule has 0 saturated carbocycles. The predicted molar refractivity (Wildman–Crippen MR) is 89.6 cm³/mol. The van der Waals surface area contributed by atoms with Crippen molar-refractivity contribution in [2.75, 3.05) is 6.61 Å². The maximum atomic E-state index is 11.8. The highest BCUT2D eigenvalue weighted by molar-refractivity contribution is 5.88. The number of rotatable bonds is 9. The van der Waals surface area contributed by atoms with Crippen LogP contribution < -0.4 is 0 Å². The van der Waals surface area contributed by atoms with E-state index in [1.54, 1.807) is 12.1 Å². The summed E-state index contributed by atoms with van der Waals surface area (Å²) in [6.07, 6.45) is 6.58. The molecular formula is C19H29O3. The minimum absolute atomic E-state index is 0.0762. The highest BCUT2D eigenvalue weighted by atomic mass is 17.2. The summed E-state index contributed by atoms with van der Waals surface area (Å²) in [5, 5.41) is 0. The lowest BCUT2D eigenvalue weighted by Crippen LogP contribution is -2.12. The molecule has 0 heterocycles. The molecule has 0 amide bonds. The number of benzene rings is 1. The monoisotopic (exact) mass is 305 g/mol. The molecule has 1 aromatic carbocycles. The number of hydrogen-bond acceptors (Lipinski definition) is 3. The third kappa shape index (κ3) is 7.08. The molecule has 0 aliphatic carbocycles. The fourth-order valence-corrected chi connectivity index (χ4v) is 2.12. The zero-order valence-electron chi connectivity index (χ0n) is 14.2. The summed E-state index contributed by atoms with van der Waals surface area (Å²) in [6, 6.07) is 7.48. The Kier molecular flexibility index (Phi) is 8.18. The molecule has 0 spiro atoms. The van der Waals surface area contributed by atoms with Gasteiger partial charge in [-0.15, -0.1) is 0 Å². The van der Waals surface area contributed by atoms with Crippen molar-refractivity contribution in [3.8, 4) is 0 Å². The molecule has 0 atom stereocenters. The Balaban J connectivity index is 2.23. The van der Waals surface area contributed by atoms with Gasteiger partial charge in [0.25, 0.3) is 0 Å². The lowest BCUT2D eigenvalue weighted by molar-refractivity contribution is -0.241. The van der Waals surface area contributed by atoms with Gasteiger partial charge < -0.3 is 0 Å². The van der Waals surface area contributed by atoms with Gasteiger partial charge in [0.2, 0.25) is 0 Å². The van der Waals surface area contributed by atoms with Gasteiger partial charge in [0, 0.05) is 0 Å². The van der Waals surface area contributed by atoms with Crippen LogP contribution in [0.5, 0.6) is 0 Å². The standard InChI is InChI=1S/C19H29O3/c1-5-6-7-8-9-10-15-21-22-18(20)16-11-13-17(14-12-16)19(2,3)4/h11-14H,1,5-10,15H2,2-4H3. The largest absolute Gasteiger partial charge is 0.373 e. The first-order chi connectivity index (χ1) is 10.4. The van der Waals surface area contributed by atoms with Crippen molar-refractivity contribution in [2.24, 2.45) is 0 Å². The molecule has 3 nitrogen and oxygen atoms in total. The molecule has 0 bridgehead atoms. The summed E-state index contributed by atoms with van der Waals surface area (Å²) in [6.45, 7) is 10.7. The van der Waals surface area contributed by atoms with Gasteiger partial charge in [0.15, 0.2) is 0 Å². The average Bonchev–Trinajstić information content (AvgIpc) is 2.49. The number of unbranched alkanes of at least 4 members (excludes halogenated alkanes) is 5. The molecular weight excluding hydrogens is 276 g/mol. The van der Waals surface area contributed by atoms with Crippen LogP contribution in [0.15, 0.2) is 24.3 Å². The van der Waals surface area contributed by atoms with Crippen LogP contribution in [0.1, 0.15) is 75.2 Å². The lowest BCUT2D eigenvalue weighted by atomic mass is 9.87. The molecule has 22 heavy (non-hydrogen) atoms. The molecule has 1 radical (unpaired) electrons. The molecule has 0 saturated heterocycles. The van der Waals surface area contributed by atoms with Crippen LogP contribution in [0.25, 0.3) is 0 Å². The summed E-state index contributed by atoms with van der Waals surface area (Å²) in [5.41, 5.74) is 1.78. The zero-order valence-corrected chi connectivity index (χ0v) is 14.2. The van der Waals surface area contributed by atoms with Gasteiger partial charge in [0.05, 0.1) is 12.2 Å². The second-order valence-electron chi connectivity index (χ2n) is 6.64. The minimum atomic E-state index is -0.433. The summed E-state index contributed by atoms with van der Waals surface area (Å²) < 4.78 is 0. The van der Waals surface area contributed by atoms with Crippen LogP contribution in [0.3, 0.4) is 0 Å². The normalized spacial score (nSPS) is 11.5. The van der Waals surface area contributed by atoms with Crippen LogP contribution in [0.4, 0.5) is 0 Å². The van der Waals surface area contributed by atoms with Crippen molar-refractivity contribution < 1.29 is 14.6 Å². The van der Waals surface area contributed by atoms with Crippen molar-refractivity contribution in [3.05, 3.63) is 42.3 Å². The molecule has 0 aromatic heterocycles. The SMILES string of the molecule is [CH2]CCCCCCCOOC(=O)c1ccc(C(C)(C)C)cc1. The highest BCUT2D eigenvalue weighted by Gasteiger charge is 2.15. The van der Waals surface area contributed by atoms with Crippen molar-refractivity contribution >= 4 is 5.97 Å². The van der Waals surface area contributed by atoms with E-state index in [4.69, 9.17) is 9.78 Å². The molecule has 0 aliphatic heterocycles. The Labute approximate surface area is 134 Å². The lowest BCUT2D eigenvalue weighted by Gasteiger charge is -2.18. The Morgan fingerprint density at radius 1 is 1.00 bits per heavy atom. The van der Waals surface area contributed by atoms with Crippen LogP contribution in [-0.4, -0.2) is 12.6 Å². The Bertz CT molecular complexity index is 429. The third-order valence-corrected chi connectivity index (χ3v) is 3.60. The van der Waals surface area contributed by atoms with Crippen molar-refractivity contribution in [1.29, 1.82) is 0 Å². The summed E-state index contributed by atoms with van der Waals surface area (Å²) in [5.74, 6) is -0.433. The topological polar surface area (TPSA) is 35.5 Å². The highest BCUT2D eigenvalue weighted by Crippen LogP contribution is 2.22. The maximum absolute atomic E-state index is 11.8. The number of hydrogen-bond donors (Lipinski definition) is 0. The third-order valence-electron chi connectivity index (χ3n) is 3.60. The van der Waals surface area contributed by atoms with Gasteiger partial charge in [-0.2, -0.15) is 4.89 Å². The van der Waals surface area contributed by atoms with E-state index in [1.165, 1.54) is 24.8 Å². The van der Waals surface area contributed by atoms with Crippen LogP contribution in [0.2, 0.25) is 0 Å². The smallest absolute Gasteiger partial charge is 0.293 e. The Morgan fingerprint density at radius 2 is 1.59 bits per heavy atom. The molecule has 3 heteroatoms. The first kappa shape index (κ1) is 18.7. The zero-order chi connectivity index (χ0) is 16.4. The van der Waals surface area contributed by atoms with Gasteiger partial charge >= 0.3 is 5.97 Å². The van der Waals surface area contributed by atoms with E-state index in [0.29, 0.717) is 12.2 Å². The molecule has 0 fully saturated rings. The van der Waals surface area contributed by atoms with E-state index in [1.807, 2.05) is 12.1 Å². The molecule has 1 rings (SSSR count). The summed E-state index contributed by atoms with van der Waals surface area (Å²) >= 11 is 0. The predicted octanol–water partition coefficient (Wildman–Crippen LogP) is 5.25. The fourth-order valence-electron chi connectivity index (χ4n) is 2.12. The molecule has 0 N–H and O–H groups in total. The van der Waals surface area contributed by atoms with Crippen molar-refractivity contribution in [1.82, 2.24) is 0 Å². The Morgan fingerprint density at radius 3 is 2.18 bits per heavy atom. The number of carbonyl (C=O) groups excluding carboxylic acids is 1. The second-order valence-corrected chi connectivity index (χ2v) is 6.64. The molecule has 123 valence electrons. The second kappa shape index (κ2) is 9.62. The van der Waals surface area contributed by atoms with Crippen LogP contribution >= 0.6 is 0 Å². The van der Waals surface area contributed by atoms with Crippen molar-refractivity contribution in [3.63, 3.8) is 0 Å². The first-order valence-corrected chi connectivity index (χ1v) is 8.18. The van der Waals surface area contributed by atoms with E-state index < -0.39 is 5.97 Å². The maximum Gasteiger partial charge on any atom is 0.373 e. The van der Waals surface area contributed by atoms with Gasteiger partial charge in [-0.3, -0.25) is 4.89 Å². The molecule has 1 aromatic rings.